The molecule has 1 atom stereocenters. The number of halogens is 3. The van der Waals surface area contributed by atoms with E-state index in [9.17, 15) is 5.11 Å². The van der Waals surface area contributed by atoms with Crippen LogP contribution in [0.3, 0.4) is 0 Å². The van der Waals surface area contributed by atoms with Crippen LogP contribution in [0.1, 0.15) is 12.5 Å². The van der Waals surface area contributed by atoms with Gasteiger partial charge in [-0.25, -0.2) is 4.98 Å². The fourth-order valence-corrected chi connectivity index (χ4v) is 2.35. The normalized spacial score (nSPS) is 13.8. The Balaban J connectivity index is 2.38. The number of hydrogen-bond donors (Lipinski definition) is 2. The molecule has 0 amide bonds. The summed E-state index contributed by atoms with van der Waals surface area (Å²) in [7, 11) is 0. The van der Waals surface area contributed by atoms with E-state index in [0.717, 1.165) is 5.56 Å². The first-order valence-electron chi connectivity index (χ1n) is 5.92. The highest BCUT2D eigenvalue weighted by molar-refractivity contribution is 6.42. The molecule has 0 radical (unpaired) electrons. The van der Waals surface area contributed by atoms with Crippen molar-refractivity contribution in [1.29, 1.82) is 0 Å². The van der Waals surface area contributed by atoms with Crippen molar-refractivity contribution in [1.82, 2.24) is 4.98 Å². The lowest BCUT2D eigenvalue weighted by Gasteiger charge is -2.30. The molecule has 3 nitrogen and oxygen atoms in total. The van der Waals surface area contributed by atoms with E-state index in [4.69, 9.17) is 34.8 Å². The maximum atomic E-state index is 9.72. The van der Waals surface area contributed by atoms with Gasteiger partial charge in [-0.15, -0.1) is 0 Å². The molecule has 0 saturated heterocycles. The largest absolute Gasteiger partial charge is 0.394 e. The number of benzene rings is 1. The van der Waals surface area contributed by atoms with Crippen LogP contribution in [-0.4, -0.2) is 16.7 Å². The first kappa shape index (κ1) is 15.4. The van der Waals surface area contributed by atoms with Crippen molar-refractivity contribution in [2.24, 2.45) is 0 Å². The van der Waals surface area contributed by atoms with Gasteiger partial charge >= 0.3 is 0 Å². The molecule has 6 heteroatoms. The molecule has 1 aromatic heterocycles. The number of pyridine rings is 1. The van der Waals surface area contributed by atoms with Crippen LogP contribution >= 0.6 is 34.8 Å². The highest BCUT2D eigenvalue weighted by atomic mass is 35.5. The van der Waals surface area contributed by atoms with Gasteiger partial charge in [0.2, 0.25) is 0 Å². The number of anilines is 1. The lowest BCUT2D eigenvalue weighted by molar-refractivity contribution is 0.223. The Morgan fingerprint density at radius 2 is 1.80 bits per heavy atom. The Morgan fingerprint density at radius 1 is 1.15 bits per heavy atom. The van der Waals surface area contributed by atoms with Crippen LogP contribution in [0.15, 0.2) is 36.4 Å². The van der Waals surface area contributed by atoms with Crippen molar-refractivity contribution in [2.75, 3.05) is 11.9 Å². The van der Waals surface area contributed by atoms with Crippen molar-refractivity contribution < 1.29 is 5.11 Å². The fourth-order valence-electron chi connectivity index (χ4n) is 1.80. The predicted molar refractivity (Wildman–Crippen MR) is 83.8 cm³/mol. The average molecular weight is 332 g/mol. The first-order chi connectivity index (χ1) is 9.46. The fraction of sp³-hybridized carbons (Fsp3) is 0.214. The third kappa shape index (κ3) is 3.18. The monoisotopic (exact) mass is 330 g/mol. The molecule has 20 heavy (non-hydrogen) atoms. The minimum Gasteiger partial charge on any atom is -0.394 e. The molecule has 2 rings (SSSR count). The molecular formula is C14H13Cl3N2O. The van der Waals surface area contributed by atoms with Crippen molar-refractivity contribution in [2.45, 2.75) is 12.5 Å². The molecule has 2 N–H and O–H groups in total. The minimum atomic E-state index is -0.727. The zero-order valence-corrected chi connectivity index (χ0v) is 13.0. The highest BCUT2D eigenvalue weighted by Gasteiger charge is 2.27. The highest BCUT2D eigenvalue weighted by Crippen LogP contribution is 2.33. The molecule has 106 valence electrons. The van der Waals surface area contributed by atoms with Crippen molar-refractivity contribution in [3.63, 3.8) is 0 Å². The summed E-state index contributed by atoms with van der Waals surface area (Å²) in [4.78, 5) is 4.11. The minimum absolute atomic E-state index is 0.130. The summed E-state index contributed by atoms with van der Waals surface area (Å²) in [5, 5.41) is 13.6. The molecule has 2 aromatic rings. The zero-order chi connectivity index (χ0) is 14.8. The van der Waals surface area contributed by atoms with Crippen molar-refractivity contribution in [3.05, 3.63) is 57.2 Å². The second kappa shape index (κ2) is 6.19. The van der Waals surface area contributed by atoms with Crippen LogP contribution in [0, 0.1) is 0 Å². The van der Waals surface area contributed by atoms with Gasteiger partial charge in [0.25, 0.3) is 0 Å². The van der Waals surface area contributed by atoms with Crippen LogP contribution in [0.4, 0.5) is 5.82 Å². The molecule has 1 aromatic carbocycles. The number of rotatable bonds is 4. The average Bonchev–Trinajstić information content (AvgIpc) is 2.45. The van der Waals surface area contributed by atoms with E-state index in [2.05, 4.69) is 10.3 Å². The Hall–Kier alpha value is -1.00. The maximum Gasteiger partial charge on any atom is 0.150 e. The number of aromatic nitrogens is 1. The Kier molecular flexibility index (Phi) is 4.76. The summed E-state index contributed by atoms with van der Waals surface area (Å²) in [6.45, 7) is 1.72. The topological polar surface area (TPSA) is 45.1 Å². The molecular weight excluding hydrogens is 319 g/mol. The van der Waals surface area contributed by atoms with E-state index < -0.39 is 5.54 Å². The SMILES string of the molecule is CC(CO)(Nc1nc(Cl)c(Cl)cc1Cl)c1ccccc1. The smallest absolute Gasteiger partial charge is 0.150 e. The second-order valence-electron chi connectivity index (χ2n) is 4.57. The second-order valence-corrected chi connectivity index (χ2v) is 5.75. The Morgan fingerprint density at radius 3 is 2.40 bits per heavy atom. The standard InChI is InChI=1S/C14H13Cl3N2O/c1-14(8-20,9-5-3-2-4-6-9)19-13-11(16)7-10(15)12(17)18-13/h2-7,20H,8H2,1H3,(H,18,19). The molecule has 0 aliphatic heterocycles. The zero-order valence-electron chi connectivity index (χ0n) is 10.7. The molecule has 0 saturated carbocycles. The van der Waals surface area contributed by atoms with Crippen LogP contribution in [-0.2, 0) is 5.54 Å². The van der Waals surface area contributed by atoms with Gasteiger partial charge in [-0.05, 0) is 18.6 Å². The molecule has 0 aliphatic rings. The van der Waals surface area contributed by atoms with Gasteiger partial charge in [0.15, 0.2) is 0 Å². The summed E-state index contributed by atoms with van der Waals surface area (Å²) >= 11 is 17.9. The summed E-state index contributed by atoms with van der Waals surface area (Å²) in [5.41, 5.74) is 0.182. The van der Waals surface area contributed by atoms with Crippen LogP contribution < -0.4 is 5.32 Å². The summed E-state index contributed by atoms with van der Waals surface area (Å²) in [5.74, 6) is 0.376. The van der Waals surface area contributed by atoms with E-state index >= 15 is 0 Å². The third-order valence-electron chi connectivity index (χ3n) is 3.01. The van der Waals surface area contributed by atoms with Crippen LogP contribution in [0.25, 0.3) is 0 Å². The molecule has 1 heterocycles. The van der Waals surface area contributed by atoms with Crippen LogP contribution in [0.2, 0.25) is 15.2 Å². The van der Waals surface area contributed by atoms with Gasteiger partial charge in [0.1, 0.15) is 11.0 Å². The number of hydrogen-bond acceptors (Lipinski definition) is 3. The maximum absolute atomic E-state index is 9.72. The number of aliphatic hydroxyl groups is 1. The van der Waals surface area contributed by atoms with Gasteiger partial charge in [-0.1, -0.05) is 65.1 Å². The quantitative estimate of drug-likeness (QED) is 0.818. The Labute approximate surface area is 132 Å². The van der Waals surface area contributed by atoms with Gasteiger partial charge in [0.05, 0.1) is 22.2 Å². The third-order valence-corrected chi connectivity index (χ3v) is 3.97. The van der Waals surface area contributed by atoms with Gasteiger partial charge in [-0.2, -0.15) is 0 Å². The molecule has 0 aliphatic carbocycles. The lowest BCUT2D eigenvalue weighted by atomic mass is 9.93. The molecule has 0 fully saturated rings. The van der Waals surface area contributed by atoms with Crippen molar-refractivity contribution >= 4 is 40.6 Å². The summed E-state index contributed by atoms with van der Waals surface area (Å²) in [6.07, 6.45) is 0. The van der Waals surface area contributed by atoms with Gasteiger partial charge in [0, 0.05) is 0 Å². The van der Waals surface area contributed by atoms with E-state index in [-0.39, 0.29) is 16.8 Å². The van der Waals surface area contributed by atoms with E-state index in [1.54, 1.807) is 0 Å². The first-order valence-corrected chi connectivity index (χ1v) is 7.06. The van der Waals surface area contributed by atoms with Gasteiger partial charge < -0.3 is 10.4 Å². The molecule has 0 bridgehead atoms. The predicted octanol–water partition coefficient (Wildman–Crippen LogP) is 4.36. The molecule has 1 unspecified atom stereocenters. The van der Waals surface area contributed by atoms with E-state index in [1.165, 1.54) is 6.07 Å². The number of nitrogens with one attached hydrogen (secondary N) is 1. The number of nitrogens with zero attached hydrogens (tertiary/aromatic N) is 1. The number of aliphatic hydroxyl groups excluding tert-OH is 1. The van der Waals surface area contributed by atoms with E-state index in [0.29, 0.717) is 10.8 Å². The molecule has 0 spiro atoms. The van der Waals surface area contributed by atoms with E-state index in [1.807, 2.05) is 37.3 Å². The van der Waals surface area contributed by atoms with Crippen molar-refractivity contribution in [3.8, 4) is 0 Å². The summed E-state index contributed by atoms with van der Waals surface area (Å²) in [6, 6.07) is 11.0. The van der Waals surface area contributed by atoms with Crippen LogP contribution in [0.5, 0.6) is 0 Å². The lowest BCUT2D eigenvalue weighted by Crippen LogP contribution is -2.36. The van der Waals surface area contributed by atoms with Gasteiger partial charge in [-0.3, -0.25) is 0 Å². The summed E-state index contributed by atoms with van der Waals surface area (Å²) < 4.78 is 0. The Bertz CT molecular complexity index is 607.